The van der Waals surface area contributed by atoms with Crippen molar-refractivity contribution in [1.29, 1.82) is 0 Å². The second-order valence-electron chi connectivity index (χ2n) is 6.60. The number of carbonyl (C=O) groups is 1. The molecule has 1 amide bonds. The second kappa shape index (κ2) is 9.02. The van der Waals surface area contributed by atoms with Gasteiger partial charge in [0.25, 0.3) is 5.91 Å². The van der Waals surface area contributed by atoms with Gasteiger partial charge in [-0.3, -0.25) is 14.7 Å². The zero-order valence-electron chi connectivity index (χ0n) is 15.9. The van der Waals surface area contributed by atoms with E-state index < -0.39 is 0 Å². The van der Waals surface area contributed by atoms with Gasteiger partial charge in [-0.2, -0.15) is 0 Å². The third kappa shape index (κ3) is 4.23. The van der Waals surface area contributed by atoms with E-state index in [-0.39, 0.29) is 5.91 Å². The Morgan fingerprint density at radius 2 is 1.93 bits per heavy atom. The van der Waals surface area contributed by atoms with Crippen LogP contribution in [0.5, 0.6) is 0 Å². The lowest BCUT2D eigenvalue weighted by molar-refractivity contribution is 0.0859. The molecule has 4 rings (SSSR count). The number of amides is 1. The average Bonchev–Trinajstić information content (AvgIpc) is 3.35. The number of amidine groups is 1. The fourth-order valence-electron chi connectivity index (χ4n) is 3.11. The number of aromatic nitrogens is 1. The normalized spacial score (nSPS) is 13.6. The highest BCUT2D eigenvalue weighted by molar-refractivity contribution is 8.13. The van der Waals surface area contributed by atoms with Crippen LogP contribution in [0.4, 0.5) is 0 Å². The molecule has 3 aromatic rings. The van der Waals surface area contributed by atoms with Gasteiger partial charge in [-0.1, -0.05) is 76.0 Å². The van der Waals surface area contributed by atoms with Gasteiger partial charge in [0.15, 0.2) is 5.17 Å². The van der Waals surface area contributed by atoms with Crippen LogP contribution in [0.15, 0.2) is 52.0 Å². The summed E-state index contributed by atoms with van der Waals surface area (Å²) < 4.78 is 5.34. The Morgan fingerprint density at radius 3 is 2.70 bits per heavy atom. The van der Waals surface area contributed by atoms with E-state index in [4.69, 9.17) is 39.3 Å². The molecule has 0 saturated heterocycles. The lowest BCUT2D eigenvalue weighted by atomic mass is 10.1. The van der Waals surface area contributed by atoms with Gasteiger partial charge in [0, 0.05) is 17.9 Å². The average molecular weight is 481 g/mol. The lowest BCUT2D eigenvalue weighted by Crippen LogP contribution is -2.33. The van der Waals surface area contributed by atoms with Crippen LogP contribution in [-0.2, 0) is 5.75 Å². The van der Waals surface area contributed by atoms with Gasteiger partial charge in [-0.25, -0.2) is 0 Å². The number of rotatable bonds is 4. The van der Waals surface area contributed by atoms with E-state index >= 15 is 0 Å². The number of hydrogen-bond acceptors (Lipinski definition) is 5. The van der Waals surface area contributed by atoms with Gasteiger partial charge < -0.3 is 4.52 Å². The molecule has 2 aromatic carbocycles. The smallest absolute Gasteiger partial charge is 0.265 e. The Balaban J connectivity index is 1.56. The van der Waals surface area contributed by atoms with Crippen LogP contribution in [0.2, 0.25) is 15.1 Å². The zero-order valence-corrected chi connectivity index (χ0v) is 18.9. The Kier molecular flexibility index (Phi) is 6.39. The predicted octanol–water partition coefficient (Wildman–Crippen LogP) is 6.36. The molecule has 0 spiro atoms. The van der Waals surface area contributed by atoms with E-state index in [9.17, 15) is 4.79 Å². The summed E-state index contributed by atoms with van der Waals surface area (Å²) in [4.78, 5) is 19.6. The number of nitrogens with zero attached hydrogens (tertiary/aromatic N) is 3. The van der Waals surface area contributed by atoms with Crippen molar-refractivity contribution in [2.45, 2.75) is 12.7 Å². The number of hydrogen-bond donors (Lipinski definition) is 0. The van der Waals surface area contributed by atoms with Crippen LogP contribution in [0.25, 0.3) is 11.3 Å². The predicted molar refractivity (Wildman–Crippen MR) is 123 cm³/mol. The van der Waals surface area contributed by atoms with Crippen LogP contribution in [0.1, 0.15) is 21.7 Å². The van der Waals surface area contributed by atoms with E-state index in [0.717, 1.165) is 5.56 Å². The Hall–Kier alpha value is -1.99. The van der Waals surface area contributed by atoms with Crippen LogP contribution >= 0.6 is 46.6 Å². The fourth-order valence-corrected chi connectivity index (χ4v) is 4.65. The maximum absolute atomic E-state index is 13.4. The summed E-state index contributed by atoms with van der Waals surface area (Å²) in [6, 6.07) is 12.7. The highest BCUT2D eigenvalue weighted by Gasteiger charge is 2.31. The van der Waals surface area contributed by atoms with Gasteiger partial charge in [-0.05, 0) is 30.7 Å². The molecule has 1 aromatic heterocycles. The molecule has 30 heavy (non-hydrogen) atoms. The standard InChI is InChI=1S/C21H16Cl3N3O2S/c1-12-18(19(26-29-12)14-4-2-3-5-15(14)22)20(28)27-9-8-25-21(27)30-11-13-6-7-16(23)17(24)10-13/h2-7,10H,8-9,11H2,1H3. The van der Waals surface area contributed by atoms with Gasteiger partial charge in [-0.15, -0.1) is 0 Å². The molecule has 2 heterocycles. The number of aryl methyl sites for hydroxylation is 1. The van der Waals surface area contributed by atoms with Crippen LogP contribution < -0.4 is 0 Å². The van der Waals surface area contributed by atoms with Gasteiger partial charge >= 0.3 is 0 Å². The minimum absolute atomic E-state index is 0.207. The summed E-state index contributed by atoms with van der Waals surface area (Å²) >= 11 is 19.9. The summed E-state index contributed by atoms with van der Waals surface area (Å²) in [5.74, 6) is 0.844. The van der Waals surface area contributed by atoms with E-state index in [1.807, 2.05) is 30.3 Å². The van der Waals surface area contributed by atoms with E-state index in [1.54, 1.807) is 24.0 Å². The van der Waals surface area contributed by atoms with Crippen molar-refractivity contribution >= 4 is 57.6 Å². The molecule has 0 saturated carbocycles. The maximum atomic E-state index is 13.4. The van der Waals surface area contributed by atoms with Crippen molar-refractivity contribution in [2.24, 2.45) is 4.99 Å². The molecular formula is C21H16Cl3N3O2S. The van der Waals surface area contributed by atoms with Crippen LogP contribution in [0.3, 0.4) is 0 Å². The zero-order chi connectivity index (χ0) is 21.3. The minimum atomic E-state index is -0.207. The first-order valence-electron chi connectivity index (χ1n) is 9.10. The third-order valence-corrected chi connectivity index (χ3v) is 6.76. The molecule has 0 aliphatic carbocycles. The van der Waals surface area contributed by atoms with Crippen molar-refractivity contribution in [3.63, 3.8) is 0 Å². The molecule has 0 atom stereocenters. The van der Waals surface area contributed by atoms with E-state index in [0.29, 0.717) is 61.7 Å². The van der Waals surface area contributed by atoms with Crippen molar-refractivity contribution < 1.29 is 9.32 Å². The topological polar surface area (TPSA) is 58.7 Å². The quantitative estimate of drug-likeness (QED) is 0.436. The Morgan fingerprint density at radius 1 is 1.13 bits per heavy atom. The molecule has 0 radical (unpaired) electrons. The number of halogens is 3. The van der Waals surface area contributed by atoms with E-state index in [2.05, 4.69) is 10.1 Å². The Bertz CT molecular complexity index is 1150. The van der Waals surface area contributed by atoms with Crippen molar-refractivity contribution in [1.82, 2.24) is 10.1 Å². The number of carbonyl (C=O) groups excluding carboxylic acids is 1. The summed E-state index contributed by atoms with van der Waals surface area (Å²) in [6.07, 6.45) is 0. The first-order valence-corrected chi connectivity index (χ1v) is 11.2. The first kappa shape index (κ1) is 21.2. The van der Waals surface area contributed by atoms with Gasteiger partial charge in [0.2, 0.25) is 0 Å². The molecule has 1 aliphatic heterocycles. The fraction of sp³-hybridized carbons (Fsp3) is 0.190. The van der Waals surface area contributed by atoms with Crippen LogP contribution in [-0.4, -0.2) is 34.2 Å². The summed E-state index contributed by atoms with van der Waals surface area (Å²) in [6.45, 7) is 2.76. The summed E-state index contributed by atoms with van der Waals surface area (Å²) in [5.41, 5.74) is 2.48. The largest absolute Gasteiger partial charge is 0.360 e. The maximum Gasteiger partial charge on any atom is 0.265 e. The second-order valence-corrected chi connectivity index (χ2v) is 8.76. The lowest BCUT2D eigenvalue weighted by Gasteiger charge is -2.18. The molecule has 0 unspecified atom stereocenters. The van der Waals surface area contributed by atoms with Gasteiger partial charge in [0.1, 0.15) is 17.0 Å². The SMILES string of the molecule is Cc1onc(-c2ccccc2Cl)c1C(=O)N1CCN=C1SCc1ccc(Cl)c(Cl)c1. The number of thioether (sulfide) groups is 1. The monoisotopic (exact) mass is 479 g/mol. The Labute approximate surface area is 193 Å². The first-order chi connectivity index (χ1) is 14.5. The molecule has 5 nitrogen and oxygen atoms in total. The molecule has 154 valence electrons. The molecule has 1 aliphatic rings. The molecule has 9 heteroatoms. The molecule has 0 fully saturated rings. The molecule has 0 bridgehead atoms. The number of aliphatic imine (C=N–C) groups is 1. The molecular weight excluding hydrogens is 465 g/mol. The highest BCUT2D eigenvalue weighted by atomic mass is 35.5. The third-order valence-electron chi connectivity index (χ3n) is 4.60. The van der Waals surface area contributed by atoms with Gasteiger partial charge in [0.05, 0.1) is 21.6 Å². The number of benzene rings is 2. The van der Waals surface area contributed by atoms with Crippen molar-refractivity contribution in [3.05, 3.63) is 74.4 Å². The highest BCUT2D eigenvalue weighted by Crippen LogP contribution is 2.33. The summed E-state index contributed by atoms with van der Waals surface area (Å²) in [5, 5.41) is 6.26. The minimum Gasteiger partial charge on any atom is -0.360 e. The van der Waals surface area contributed by atoms with Crippen LogP contribution in [0, 0.1) is 6.92 Å². The summed E-state index contributed by atoms with van der Waals surface area (Å²) in [7, 11) is 0. The van der Waals surface area contributed by atoms with Crippen molar-refractivity contribution in [2.75, 3.05) is 13.1 Å². The van der Waals surface area contributed by atoms with E-state index in [1.165, 1.54) is 11.8 Å². The van der Waals surface area contributed by atoms with Crippen molar-refractivity contribution in [3.8, 4) is 11.3 Å². The molecule has 0 N–H and O–H groups in total.